The normalized spacial score (nSPS) is 10.1. The van der Waals surface area contributed by atoms with Crippen molar-refractivity contribution in [1.29, 1.82) is 5.26 Å². The quantitative estimate of drug-likeness (QED) is 0.652. The second-order valence-electron chi connectivity index (χ2n) is 6.65. The lowest BCUT2D eigenvalue weighted by molar-refractivity contribution is -0.146. The van der Waals surface area contributed by atoms with Crippen LogP contribution in [0.5, 0.6) is 0 Å². The van der Waals surface area contributed by atoms with E-state index in [2.05, 4.69) is 5.32 Å². The van der Waals surface area contributed by atoms with Crippen LogP contribution >= 0.6 is 11.6 Å². The summed E-state index contributed by atoms with van der Waals surface area (Å²) in [5.41, 5.74) is 2.93. The molecule has 0 bridgehead atoms. The summed E-state index contributed by atoms with van der Waals surface area (Å²) in [6.45, 7) is 3.13. The molecule has 0 fully saturated rings. The number of halogens is 1. The van der Waals surface area contributed by atoms with E-state index in [0.717, 1.165) is 11.1 Å². The summed E-state index contributed by atoms with van der Waals surface area (Å²) < 4.78 is 5.00. The predicted molar refractivity (Wildman–Crippen MR) is 113 cm³/mol. The summed E-state index contributed by atoms with van der Waals surface area (Å²) in [7, 11) is 0. The van der Waals surface area contributed by atoms with Crippen molar-refractivity contribution < 1.29 is 19.1 Å². The average Bonchev–Trinajstić information content (AvgIpc) is 2.70. The van der Waals surface area contributed by atoms with E-state index >= 15 is 0 Å². The Kier molecular flexibility index (Phi) is 8.39. The first-order valence-electron chi connectivity index (χ1n) is 9.25. The van der Waals surface area contributed by atoms with Crippen molar-refractivity contribution in [3.63, 3.8) is 0 Å². The standard InChI is InChI=1S/C22H22ClN3O4/c1-15-10-16(2)12-19(11-15)26(9-3-8-24)20(27)14-30-21(28)13-25-22(29)17-4-6-18(23)7-5-17/h4-7,10-12H,3,9,13-14H2,1-2H3,(H,25,29). The van der Waals surface area contributed by atoms with Crippen LogP contribution < -0.4 is 10.2 Å². The van der Waals surface area contributed by atoms with Crippen molar-refractivity contribution in [2.45, 2.75) is 20.3 Å². The minimum absolute atomic E-state index is 0.143. The number of nitrogens with zero attached hydrogens (tertiary/aromatic N) is 2. The topological polar surface area (TPSA) is 99.5 Å². The van der Waals surface area contributed by atoms with E-state index in [1.807, 2.05) is 38.1 Å². The molecule has 2 amide bonds. The number of hydrogen-bond donors (Lipinski definition) is 1. The van der Waals surface area contributed by atoms with Crippen molar-refractivity contribution in [3.05, 3.63) is 64.2 Å². The first kappa shape index (κ1) is 22.9. The number of benzene rings is 2. The molecule has 0 spiro atoms. The van der Waals surface area contributed by atoms with Crippen LogP contribution in [-0.4, -0.2) is 37.5 Å². The molecule has 0 unspecified atom stereocenters. The monoisotopic (exact) mass is 427 g/mol. The van der Waals surface area contributed by atoms with Gasteiger partial charge in [-0.3, -0.25) is 14.4 Å². The Hall–Kier alpha value is -3.37. The van der Waals surface area contributed by atoms with Gasteiger partial charge < -0.3 is 15.0 Å². The minimum Gasteiger partial charge on any atom is -0.454 e. The van der Waals surface area contributed by atoms with Crippen LogP contribution in [0.2, 0.25) is 5.02 Å². The van der Waals surface area contributed by atoms with Gasteiger partial charge in [0.2, 0.25) is 0 Å². The Morgan fingerprint density at radius 2 is 1.73 bits per heavy atom. The van der Waals surface area contributed by atoms with E-state index in [1.54, 1.807) is 12.1 Å². The molecule has 1 N–H and O–H groups in total. The summed E-state index contributed by atoms with van der Waals surface area (Å²) in [4.78, 5) is 38.0. The van der Waals surface area contributed by atoms with E-state index in [4.69, 9.17) is 21.6 Å². The smallest absolute Gasteiger partial charge is 0.325 e. The summed E-state index contributed by atoms with van der Waals surface area (Å²) in [6, 6.07) is 13.8. The van der Waals surface area contributed by atoms with Crippen LogP contribution in [0.1, 0.15) is 27.9 Å². The van der Waals surface area contributed by atoms with Crippen molar-refractivity contribution in [3.8, 4) is 6.07 Å². The zero-order chi connectivity index (χ0) is 22.1. The molecule has 2 aromatic rings. The van der Waals surface area contributed by atoms with Crippen LogP contribution in [0.4, 0.5) is 5.69 Å². The third-order valence-corrected chi connectivity index (χ3v) is 4.37. The zero-order valence-electron chi connectivity index (χ0n) is 16.8. The van der Waals surface area contributed by atoms with Crippen molar-refractivity contribution in [2.75, 3.05) is 24.6 Å². The van der Waals surface area contributed by atoms with Crippen LogP contribution in [0.25, 0.3) is 0 Å². The maximum absolute atomic E-state index is 12.6. The van der Waals surface area contributed by atoms with E-state index < -0.39 is 24.4 Å². The fourth-order valence-electron chi connectivity index (χ4n) is 2.79. The number of nitrogens with one attached hydrogen (secondary N) is 1. The molecule has 7 nitrogen and oxygen atoms in total. The van der Waals surface area contributed by atoms with E-state index in [0.29, 0.717) is 16.3 Å². The van der Waals surface area contributed by atoms with Gasteiger partial charge in [-0.1, -0.05) is 17.7 Å². The summed E-state index contributed by atoms with van der Waals surface area (Å²) >= 11 is 5.77. The lowest BCUT2D eigenvalue weighted by Crippen LogP contribution is -2.37. The minimum atomic E-state index is -0.744. The van der Waals surface area contributed by atoms with Gasteiger partial charge in [0.25, 0.3) is 11.8 Å². The second-order valence-corrected chi connectivity index (χ2v) is 7.09. The van der Waals surface area contributed by atoms with Gasteiger partial charge in [-0.2, -0.15) is 5.26 Å². The fourth-order valence-corrected chi connectivity index (χ4v) is 2.92. The van der Waals surface area contributed by atoms with Gasteiger partial charge >= 0.3 is 5.97 Å². The van der Waals surface area contributed by atoms with Crippen molar-refractivity contribution in [2.24, 2.45) is 0 Å². The number of nitriles is 1. The fraction of sp³-hybridized carbons (Fsp3) is 0.273. The molecule has 2 rings (SSSR count). The van der Waals surface area contributed by atoms with E-state index in [-0.39, 0.29) is 19.5 Å². The molecule has 0 heterocycles. The maximum atomic E-state index is 12.6. The molecule has 0 radical (unpaired) electrons. The van der Waals surface area contributed by atoms with Crippen molar-refractivity contribution >= 4 is 35.1 Å². The lowest BCUT2D eigenvalue weighted by Gasteiger charge is -2.22. The second kappa shape index (κ2) is 11.0. The molecule has 156 valence electrons. The average molecular weight is 428 g/mol. The molecule has 8 heteroatoms. The van der Waals surface area contributed by atoms with Crippen LogP contribution in [0.15, 0.2) is 42.5 Å². The number of rotatable bonds is 8. The van der Waals surface area contributed by atoms with Crippen molar-refractivity contribution in [1.82, 2.24) is 5.32 Å². The largest absolute Gasteiger partial charge is 0.454 e. The summed E-state index contributed by atoms with van der Waals surface area (Å²) in [6.07, 6.45) is 0.143. The number of esters is 1. The van der Waals surface area contributed by atoms with Crippen LogP contribution in [0.3, 0.4) is 0 Å². The van der Waals surface area contributed by atoms with E-state index in [1.165, 1.54) is 17.0 Å². The van der Waals surface area contributed by atoms with Gasteiger partial charge in [-0.25, -0.2) is 0 Å². The Morgan fingerprint density at radius 3 is 2.33 bits per heavy atom. The maximum Gasteiger partial charge on any atom is 0.325 e. The number of aryl methyl sites for hydroxylation is 2. The molecule has 30 heavy (non-hydrogen) atoms. The molecule has 0 aromatic heterocycles. The summed E-state index contributed by atoms with van der Waals surface area (Å²) in [5.74, 6) is -1.65. The highest BCUT2D eigenvalue weighted by Gasteiger charge is 2.18. The Labute approximate surface area is 180 Å². The Morgan fingerprint density at radius 1 is 1.10 bits per heavy atom. The number of carbonyl (C=O) groups is 3. The van der Waals surface area contributed by atoms with Gasteiger partial charge in [0.05, 0.1) is 12.5 Å². The number of amides is 2. The Balaban J connectivity index is 1.92. The van der Waals surface area contributed by atoms with Crippen LogP contribution in [-0.2, 0) is 14.3 Å². The van der Waals surface area contributed by atoms with Gasteiger partial charge in [-0.15, -0.1) is 0 Å². The van der Waals surface area contributed by atoms with Gasteiger partial charge in [0, 0.05) is 22.8 Å². The van der Waals surface area contributed by atoms with Gasteiger partial charge in [-0.05, 0) is 61.4 Å². The van der Waals surface area contributed by atoms with Crippen LogP contribution in [0, 0.1) is 25.2 Å². The molecule has 0 aliphatic heterocycles. The molecular formula is C22H22ClN3O4. The highest BCUT2D eigenvalue weighted by molar-refractivity contribution is 6.30. The zero-order valence-corrected chi connectivity index (χ0v) is 17.5. The first-order valence-corrected chi connectivity index (χ1v) is 9.63. The first-order chi connectivity index (χ1) is 14.3. The highest BCUT2D eigenvalue weighted by atomic mass is 35.5. The number of hydrogen-bond acceptors (Lipinski definition) is 5. The third-order valence-electron chi connectivity index (χ3n) is 4.12. The molecule has 2 aromatic carbocycles. The third kappa shape index (κ3) is 6.90. The number of carbonyl (C=O) groups excluding carboxylic acids is 3. The molecular weight excluding hydrogens is 406 g/mol. The molecule has 0 saturated heterocycles. The molecule has 0 saturated carbocycles. The SMILES string of the molecule is Cc1cc(C)cc(N(CCC#N)C(=O)COC(=O)CNC(=O)c2ccc(Cl)cc2)c1. The summed E-state index contributed by atoms with van der Waals surface area (Å²) in [5, 5.41) is 11.8. The highest BCUT2D eigenvalue weighted by Crippen LogP contribution is 2.19. The van der Waals surface area contributed by atoms with Gasteiger partial charge in [0.15, 0.2) is 6.61 Å². The lowest BCUT2D eigenvalue weighted by atomic mass is 10.1. The molecule has 0 aliphatic carbocycles. The predicted octanol–water partition coefficient (Wildman–Crippen LogP) is 3.18. The Bertz CT molecular complexity index is 947. The number of anilines is 1. The van der Waals surface area contributed by atoms with Gasteiger partial charge in [0.1, 0.15) is 6.54 Å². The molecule has 0 atom stereocenters. The molecule has 0 aliphatic rings. The van der Waals surface area contributed by atoms with E-state index in [9.17, 15) is 14.4 Å². The number of ether oxygens (including phenoxy) is 1.